The van der Waals surface area contributed by atoms with E-state index in [0.717, 1.165) is 34.5 Å². The number of benzene rings is 1. The maximum absolute atomic E-state index is 5.29. The highest BCUT2D eigenvalue weighted by Crippen LogP contribution is 2.29. The van der Waals surface area contributed by atoms with Crippen molar-refractivity contribution in [2.75, 3.05) is 7.11 Å². The summed E-state index contributed by atoms with van der Waals surface area (Å²) < 4.78 is 7.41. The first-order valence-electron chi connectivity index (χ1n) is 8.12. The van der Waals surface area contributed by atoms with Crippen LogP contribution in [0.1, 0.15) is 17.4 Å². The normalized spacial score (nSPS) is 10.8. The fourth-order valence-electron chi connectivity index (χ4n) is 2.50. The maximum atomic E-state index is 5.29. The topological polar surface area (TPSA) is 39.9 Å². The largest absolute Gasteiger partial charge is 0.497 e. The van der Waals surface area contributed by atoms with E-state index in [-0.39, 0.29) is 0 Å². The smallest absolute Gasteiger partial charge is 0.192 e. The minimum atomic E-state index is 0.695. The third kappa shape index (κ3) is 4.14. The fraction of sp³-hybridized carbons (Fsp3) is 0.263. The van der Waals surface area contributed by atoms with E-state index in [1.807, 2.05) is 18.2 Å². The van der Waals surface area contributed by atoms with Crippen molar-refractivity contribution in [3.05, 3.63) is 58.8 Å². The number of aryl methyl sites for hydroxylation is 1. The average molecular weight is 372 g/mol. The van der Waals surface area contributed by atoms with Gasteiger partial charge in [-0.25, -0.2) is 0 Å². The van der Waals surface area contributed by atoms with Crippen LogP contribution in [0.25, 0.3) is 11.4 Å². The third-order valence-electron chi connectivity index (χ3n) is 3.79. The predicted molar refractivity (Wildman–Crippen MR) is 105 cm³/mol. The third-order valence-corrected chi connectivity index (χ3v) is 5.91. The van der Waals surface area contributed by atoms with Gasteiger partial charge in [-0.15, -0.1) is 28.1 Å². The second-order valence-corrected chi connectivity index (χ2v) is 7.44. The Kier molecular flexibility index (Phi) is 5.94. The van der Waals surface area contributed by atoms with Gasteiger partial charge in [-0.05, 0) is 30.2 Å². The van der Waals surface area contributed by atoms with Crippen LogP contribution in [0.5, 0.6) is 5.75 Å². The number of hydrogen-bond acceptors (Lipinski definition) is 5. The number of aromatic nitrogens is 3. The summed E-state index contributed by atoms with van der Waals surface area (Å²) in [4.78, 5) is 1.36. The SMILES string of the molecule is C=CCn1c(SCc2cccc(OC)c2)nnc1-c1csc(CC)c1. The van der Waals surface area contributed by atoms with Crippen LogP contribution in [-0.4, -0.2) is 21.9 Å². The maximum Gasteiger partial charge on any atom is 0.192 e. The van der Waals surface area contributed by atoms with Crippen molar-refractivity contribution < 1.29 is 4.74 Å². The lowest BCUT2D eigenvalue weighted by Crippen LogP contribution is -2.00. The zero-order chi connectivity index (χ0) is 17.6. The molecule has 0 unspecified atom stereocenters. The summed E-state index contributed by atoms with van der Waals surface area (Å²) in [6, 6.07) is 10.3. The van der Waals surface area contributed by atoms with Gasteiger partial charge in [-0.1, -0.05) is 36.9 Å². The second-order valence-electron chi connectivity index (χ2n) is 5.50. The number of thioether (sulfide) groups is 1. The Morgan fingerprint density at radius 3 is 2.92 bits per heavy atom. The minimum Gasteiger partial charge on any atom is -0.497 e. The van der Waals surface area contributed by atoms with Crippen molar-refractivity contribution in [2.24, 2.45) is 0 Å². The number of ether oxygens (including phenoxy) is 1. The van der Waals surface area contributed by atoms with E-state index < -0.39 is 0 Å². The van der Waals surface area contributed by atoms with E-state index in [2.05, 4.69) is 51.8 Å². The van der Waals surface area contributed by atoms with Gasteiger partial charge in [0.25, 0.3) is 0 Å². The Morgan fingerprint density at radius 2 is 2.20 bits per heavy atom. The van der Waals surface area contributed by atoms with Crippen LogP contribution >= 0.6 is 23.1 Å². The highest BCUT2D eigenvalue weighted by molar-refractivity contribution is 7.98. The Morgan fingerprint density at radius 1 is 1.32 bits per heavy atom. The molecule has 130 valence electrons. The van der Waals surface area contributed by atoms with Gasteiger partial charge in [0.2, 0.25) is 0 Å². The molecule has 0 N–H and O–H groups in total. The molecule has 6 heteroatoms. The molecule has 0 aliphatic carbocycles. The van der Waals surface area contributed by atoms with Crippen molar-refractivity contribution in [1.29, 1.82) is 0 Å². The van der Waals surface area contributed by atoms with Crippen LogP contribution < -0.4 is 4.74 Å². The molecule has 2 aromatic heterocycles. The molecule has 4 nitrogen and oxygen atoms in total. The Hall–Kier alpha value is -2.05. The van der Waals surface area contributed by atoms with Crippen LogP contribution in [0.2, 0.25) is 0 Å². The number of rotatable bonds is 8. The molecule has 25 heavy (non-hydrogen) atoms. The molecule has 2 heterocycles. The lowest BCUT2D eigenvalue weighted by Gasteiger charge is -2.07. The molecule has 0 aliphatic heterocycles. The van der Waals surface area contributed by atoms with Gasteiger partial charge >= 0.3 is 0 Å². The molecule has 0 saturated carbocycles. The van der Waals surface area contributed by atoms with Crippen LogP contribution in [0.15, 0.2) is 53.5 Å². The van der Waals surface area contributed by atoms with Gasteiger partial charge in [0.05, 0.1) is 7.11 Å². The molecule has 0 spiro atoms. The van der Waals surface area contributed by atoms with E-state index in [0.29, 0.717) is 6.54 Å². The van der Waals surface area contributed by atoms with E-state index >= 15 is 0 Å². The van der Waals surface area contributed by atoms with Gasteiger partial charge in [0.15, 0.2) is 11.0 Å². The van der Waals surface area contributed by atoms with Crippen LogP contribution in [0, 0.1) is 0 Å². The molecule has 3 rings (SSSR count). The zero-order valence-electron chi connectivity index (χ0n) is 14.4. The summed E-state index contributed by atoms with van der Waals surface area (Å²) in [7, 11) is 1.69. The van der Waals surface area contributed by atoms with E-state index in [1.54, 1.807) is 30.2 Å². The highest BCUT2D eigenvalue weighted by Gasteiger charge is 2.15. The fourth-order valence-corrected chi connectivity index (χ4v) is 4.20. The lowest BCUT2D eigenvalue weighted by molar-refractivity contribution is 0.414. The summed E-state index contributed by atoms with van der Waals surface area (Å²) in [5.74, 6) is 2.59. The predicted octanol–water partition coefficient (Wildman–Crippen LogP) is 5.06. The molecule has 0 amide bonds. The van der Waals surface area contributed by atoms with Gasteiger partial charge in [-0.2, -0.15) is 0 Å². The van der Waals surface area contributed by atoms with E-state index in [1.165, 1.54) is 10.4 Å². The van der Waals surface area contributed by atoms with Crippen LogP contribution in [-0.2, 0) is 18.7 Å². The molecule has 1 aromatic carbocycles. The first-order valence-corrected chi connectivity index (χ1v) is 9.99. The van der Waals surface area contributed by atoms with Crippen molar-refractivity contribution in [2.45, 2.75) is 30.8 Å². The lowest BCUT2D eigenvalue weighted by atomic mass is 10.2. The number of thiophene rings is 1. The van der Waals surface area contributed by atoms with Gasteiger partial charge in [0.1, 0.15) is 5.75 Å². The van der Waals surface area contributed by atoms with Crippen molar-refractivity contribution in [3.63, 3.8) is 0 Å². The van der Waals surface area contributed by atoms with Crippen LogP contribution in [0.3, 0.4) is 0 Å². The molecule has 0 saturated heterocycles. The number of nitrogens with zero attached hydrogens (tertiary/aromatic N) is 3. The number of hydrogen-bond donors (Lipinski definition) is 0. The summed E-state index contributed by atoms with van der Waals surface area (Å²) in [6.45, 7) is 6.73. The second kappa shape index (κ2) is 8.36. The van der Waals surface area contributed by atoms with E-state index in [9.17, 15) is 0 Å². The first-order chi connectivity index (χ1) is 12.2. The molecular weight excluding hydrogens is 350 g/mol. The van der Waals surface area contributed by atoms with Gasteiger partial charge in [0, 0.05) is 28.1 Å². The summed E-state index contributed by atoms with van der Waals surface area (Å²) in [5.41, 5.74) is 2.33. The number of allylic oxidation sites excluding steroid dienone is 1. The highest BCUT2D eigenvalue weighted by atomic mass is 32.2. The molecule has 0 atom stereocenters. The standard InChI is InChI=1S/C19H21N3OS2/c1-4-9-22-18(15-11-17(5-2)24-13-15)20-21-19(22)25-12-14-7-6-8-16(10-14)23-3/h4,6-8,10-11,13H,1,5,9,12H2,2-3H3. The zero-order valence-corrected chi connectivity index (χ0v) is 16.1. The monoisotopic (exact) mass is 371 g/mol. The Labute approximate surface area is 156 Å². The van der Waals surface area contributed by atoms with Crippen molar-refractivity contribution >= 4 is 23.1 Å². The van der Waals surface area contributed by atoms with Crippen molar-refractivity contribution in [1.82, 2.24) is 14.8 Å². The van der Waals surface area contributed by atoms with E-state index in [4.69, 9.17) is 4.74 Å². The summed E-state index contributed by atoms with van der Waals surface area (Å²) in [5, 5.41) is 11.9. The Bertz CT molecular complexity index is 854. The minimum absolute atomic E-state index is 0.695. The molecule has 0 bridgehead atoms. The summed E-state index contributed by atoms with van der Waals surface area (Å²) >= 11 is 3.44. The summed E-state index contributed by atoms with van der Waals surface area (Å²) in [6.07, 6.45) is 2.92. The quantitative estimate of drug-likeness (QED) is 0.410. The number of methoxy groups -OCH3 is 1. The molecule has 3 aromatic rings. The average Bonchev–Trinajstić information content (AvgIpc) is 3.27. The molecule has 0 aliphatic rings. The van der Waals surface area contributed by atoms with Gasteiger partial charge < -0.3 is 4.74 Å². The molecule has 0 radical (unpaired) electrons. The molecule has 0 fully saturated rings. The first kappa shape index (κ1) is 17.8. The van der Waals surface area contributed by atoms with Gasteiger partial charge in [-0.3, -0.25) is 4.57 Å². The van der Waals surface area contributed by atoms with Crippen molar-refractivity contribution in [3.8, 4) is 17.1 Å². The Balaban J connectivity index is 1.82. The van der Waals surface area contributed by atoms with Crippen LogP contribution in [0.4, 0.5) is 0 Å². The molecular formula is C19H21N3OS2.